The Morgan fingerprint density at radius 3 is 1.38 bits per heavy atom. The smallest absolute Gasteiger partial charge is 0 e. The molecule has 0 aromatic heterocycles. The van der Waals surface area contributed by atoms with Crippen molar-refractivity contribution in [3.05, 3.63) is 84.6 Å². The maximum absolute atomic E-state index is 11.7. The molecular weight excluding hydrogens is 491 g/mol. The van der Waals surface area contributed by atoms with Crippen LogP contribution in [0.15, 0.2) is 48.5 Å². The fraction of sp³-hybridized carbons (Fsp3) is 0. The van der Waals surface area contributed by atoms with Crippen molar-refractivity contribution in [1.82, 2.24) is 0 Å². The normalized spacial score (nSPS) is 8.19. The van der Waals surface area contributed by atoms with Gasteiger partial charge in [0.2, 0.25) is 0 Å². The molecule has 2 nitrogen and oxygen atoms in total. The molecule has 2 aromatic carbocycles. The summed E-state index contributed by atoms with van der Waals surface area (Å²) in [6.07, 6.45) is 2.52. The summed E-state index contributed by atoms with van der Waals surface area (Å²) in [7, 11) is 0. The third-order valence-corrected chi connectivity index (χ3v) is 2.34. The minimum Gasteiger partial charge on any atom is -0.390 e. The van der Waals surface area contributed by atoms with Crippen molar-refractivity contribution in [3.8, 4) is 0 Å². The van der Waals surface area contributed by atoms with Crippen LogP contribution in [0.25, 0.3) is 0 Å². The Morgan fingerprint density at radius 1 is 0.714 bits per heavy atom. The second kappa shape index (κ2) is 13.3. The van der Waals surface area contributed by atoms with E-state index in [0.29, 0.717) is 11.1 Å². The van der Waals surface area contributed by atoms with E-state index in [1.54, 1.807) is 48.5 Å². The molecule has 5 heteroatoms. The molecule has 2 aromatic rings. The second-order valence-corrected chi connectivity index (χ2v) is 3.61. The van der Waals surface area contributed by atoms with E-state index in [1.807, 2.05) is 0 Å². The molecule has 21 heavy (non-hydrogen) atoms. The minimum atomic E-state index is -0.236. The van der Waals surface area contributed by atoms with Crippen LogP contribution in [-0.2, 0) is 98.1 Å². The minimum absolute atomic E-state index is 0. The van der Waals surface area contributed by atoms with Crippen LogP contribution in [-0.4, -0.2) is 11.6 Å². The molecule has 0 fully saturated rings. The standard InChI is InChI=1S/C16H10O2.3Y/c17-15(13-7-3-1-4-8-13)11-12-16(18)14-9-5-2-6-10-14;;;/h1-7,9,11-12H;;;/q-4;;;. The van der Waals surface area contributed by atoms with Crippen molar-refractivity contribution < 1.29 is 108 Å². The molecule has 0 amide bonds. The molecule has 0 atom stereocenters. The maximum Gasteiger partial charge on any atom is 0 e. The predicted molar refractivity (Wildman–Crippen MR) is 67.8 cm³/mol. The summed E-state index contributed by atoms with van der Waals surface area (Å²) in [5.41, 5.74) is 0.886. The molecule has 0 unspecified atom stereocenters. The number of hydrogen-bond acceptors (Lipinski definition) is 2. The summed E-state index contributed by atoms with van der Waals surface area (Å²) in [5.74, 6) is -0.472. The zero-order valence-corrected chi connectivity index (χ0v) is 19.8. The molecule has 99 valence electrons. The summed E-state index contributed by atoms with van der Waals surface area (Å²) in [4.78, 5) is 23.4. The molecule has 0 aliphatic carbocycles. The van der Waals surface area contributed by atoms with E-state index in [9.17, 15) is 9.59 Å². The van der Waals surface area contributed by atoms with Crippen LogP contribution in [0.3, 0.4) is 0 Å². The zero-order chi connectivity index (χ0) is 12.8. The van der Waals surface area contributed by atoms with Gasteiger partial charge in [-0.1, -0.05) is 11.6 Å². The number of hydrogen-bond donors (Lipinski definition) is 0. The Labute approximate surface area is 200 Å². The zero-order valence-electron chi connectivity index (χ0n) is 11.3. The number of benzene rings is 2. The van der Waals surface area contributed by atoms with Crippen molar-refractivity contribution in [2.45, 2.75) is 0 Å². The van der Waals surface area contributed by atoms with E-state index in [0.717, 1.165) is 0 Å². The second-order valence-electron chi connectivity index (χ2n) is 3.61. The fourth-order valence-electron chi connectivity index (χ4n) is 1.42. The number of ketones is 2. The SMILES string of the molecule is O=C([CH-][CH-]C(=O)c1[c-]cccc1)c1[c-]cccc1.[Y].[Y].[Y]. The van der Waals surface area contributed by atoms with E-state index < -0.39 is 0 Å². The Kier molecular flexibility index (Phi) is 15.2. The molecule has 0 spiro atoms. The van der Waals surface area contributed by atoms with Crippen LogP contribution in [0.5, 0.6) is 0 Å². The van der Waals surface area contributed by atoms with Gasteiger partial charge in [0.25, 0.3) is 0 Å². The van der Waals surface area contributed by atoms with Crippen LogP contribution in [0, 0.1) is 25.0 Å². The van der Waals surface area contributed by atoms with Crippen LogP contribution in [0.1, 0.15) is 20.7 Å². The van der Waals surface area contributed by atoms with Gasteiger partial charge in [0.1, 0.15) is 0 Å². The summed E-state index contributed by atoms with van der Waals surface area (Å²) in [6, 6.07) is 19.3. The number of rotatable bonds is 5. The Hall–Kier alpha value is 0.832. The van der Waals surface area contributed by atoms with Gasteiger partial charge >= 0.3 is 0 Å². The first-order valence-corrected chi connectivity index (χ1v) is 5.47. The topological polar surface area (TPSA) is 34.1 Å². The van der Waals surface area contributed by atoms with Gasteiger partial charge in [0.15, 0.2) is 0 Å². The van der Waals surface area contributed by atoms with Crippen LogP contribution in [0.4, 0.5) is 0 Å². The van der Waals surface area contributed by atoms with E-state index in [2.05, 4.69) is 12.1 Å². The summed E-state index contributed by atoms with van der Waals surface area (Å²) in [6.45, 7) is 0. The number of carbonyl (C=O) groups excluding carboxylic acids is 2. The Balaban J connectivity index is 0. The average Bonchev–Trinajstić information content (AvgIpc) is 2.46. The third kappa shape index (κ3) is 8.30. The summed E-state index contributed by atoms with van der Waals surface area (Å²) < 4.78 is 0. The van der Waals surface area contributed by atoms with Crippen molar-refractivity contribution in [1.29, 1.82) is 0 Å². The van der Waals surface area contributed by atoms with Gasteiger partial charge < -0.3 is 9.59 Å². The molecular formula is C16H10O2Y3-4. The van der Waals surface area contributed by atoms with Gasteiger partial charge in [-0.3, -0.25) is 24.0 Å². The Bertz CT molecular complexity index is 490. The van der Waals surface area contributed by atoms with Gasteiger partial charge in [-0.05, 0) is 0 Å². The largest absolute Gasteiger partial charge is 0.390 e. The van der Waals surface area contributed by atoms with Crippen LogP contribution < -0.4 is 0 Å². The molecule has 0 saturated heterocycles. The van der Waals surface area contributed by atoms with Gasteiger partial charge in [0, 0.05) is 98.1 Å². The van der Waals surface area contributed by atoms with Crippen molar-refractivity contribution in [2.75, 3.05) is 0 Å². The predicted octanol–water partition coefficient (Wildman–Crippen LogP) is 2.75. The molecule has 2 rings (SSSR count). The van der Waals surface area contributed by atoms with E-state index in [-0.39, 0.29) is 110 Å². The van der Waals surface area contributed by atoms with Crippen LogP contribution in [0.2, 0.25) is 0 Å². The number of carbonyl (C=O) groups is 2. The number of Topliss-reactive ketones (excluding diaryl/α,β-unsaturated/α-hetero) is 2. The molecule has 0 aliphatic rings. The van der Waals surface area contributed by atoms with Gasteiger partial charge in [-0.2, -0.15) is 24.3 Å². The Morgan fingerprint density at radius 2 is 1.10 bits per heavy atom. The first-order valence-electron chi connectivity index (χ1n) is 5.47. The molecule has 3 radical (unpaired) electrons. The van der Waals surface area contributed by atoms with Crippen molar-refractivity contribution in [2.24, 2.45) is 0 Å². The molecule has 0 saturated carbocycles. The summed E-state index contributed by atoms with van der Waals surface area (Å²) >= 11 is 0. The average molecular weight is 501 g/mol. The van der Waals surface area contributed by atoms with Gasteiger partial charge in [-0.25, -0.2) is 24.3 Å². The fourth-order valence-corrected chi connectivity index (χ4v) is 1.42. The molecule has 0 N–H and O–H groups in total. The first-order chi connectivity index (χ1) is 8.77. The molecule has 0 bridgehead atoms. The van der Waals surface area contributed by atoms with Crippen molar-refractivity contribution >= 4 is 11.6 Å². The van der Waals surface area contributed by atoms with E-state index in [1.165, 1.54) is 12.8 Å². The van der Waals surface area contributed by atoms with E-state index >= 15 is 0 Å². The van der Waals surface area contributed by atoms with Crippen LogP contribution >= 0.6 is 0 Å². The molecule has 0 heterocycles. The maximum atomic E-state index is 11.7. The van der Waals surface area contributed by atoms with E-state index in [4.69, 9.17) is 0 Å². The monoisotopic (exact) mass is 501 g/mol. The van der Waals surface area contributed by atoms with Gasteiger partial charge in [0.05, 0.1) is 0 Å². The van der Waals surface area contributed by atoms with Gasteiger partial charge in [-0.15, -0.1) is 12.1 Å². The van der Waals surface area contributed by atoms with Crippen molar-refractivity contribution in [3.63, 3.8) is 0 Å². The third-order valence-electron chi connectivity index (χ3n) is 2.34. The summed E-state index contributed by atoms with van der Waals surface area (Å²) in [5, 5.41) is 0. The quantitative estimate of drug-likeness (QED) is 0.467. The first kappa shape index (κ1) is 24.1. The molecule has 0 aliphatic heterocycles.